The number of aliphatic carboxylic acids is 2. The second kappa shape index (κ2) is 12.2. The predicted octanol–water partition coefficient (Wildman–Crippen LogP) is -5.81. The smallest absolute Gasteiger partial charge is 0.326 e. The van der Waals surface area contributed by atoms with Gasteiger partial charge in [-0.1, -0.05) is 0 Å². The van der Waals surface area contributed by atoms with Gasteiger partial charge in [0.15, 0.2) is 0 Å². The summed E-state index contributed by atoms with van der Waals surface area (Å²) in [5, 5.41) is 41.8. The SMILES string of the molecule is NC(=O)CC(NC(=O)C(CO)NC(=O)C(CO)NC(=O)C(N)CC(=O)O)C(=O)O. The van der Waals surface area contributed by atoms with Crippen molar-refractivity contribution in [3.05, 3.63) is 0 Å². The van der Waals surface area contributed by atoms with Gasteiger partial charge >= 0.3 is 11.9 Å². The van der Waals surface area contributed by atoms with Crippen LogP contribution in [0.2, 0.25) is 0 Å². The van der Waals surface area contributed by atoms with Crippen LogP contribution in [0.25, 0.3) is 0 Å². The number of aliphatic hydroxyl groups is 2. The molecule has 0 aromatic carbocycles. The average Bonchev–Trinajstić information content (AvgIpc) is 2.61. The molecule has 4 atom stereocenters. The van der Waals surface area contributed by atoms with Gasteiger partial charge < -0.3 is 47.8 Å². The third kappa shape index (κ3) is 9.45. The molecule has 0 bridgehead atoms. The van der Waals surface area contributed by atoms with Crippen LogP contribution in [0.5, 0.6) is 0 Å². The number of carbonyl (C=O) groups is 6. The van der Waals surface area contributed by atoms with Crippen molar-refractivity contribution in [3.8, 4) is 0 Å². The van der Waals surface area contributed by atoms with Crippen LogP contribution in [0.4, 0.5) is 0 Å². The molecule has 0 aromatic rings. The normalized spacial score (nSPS) is 14.6. The van der Waals surface area contributed by atoms with Crippen LogP contribution in [0.15, 0.2) is 0 Å². The van der Waals surface area contributed by atoms with E-state index in [1.54, 1.807) is 0 Å². The molecular weight excluding hydrogens is 398 g/mol. The first-order valence-corrected chi connectivity index (χ1v) is 8.04. The first-order chi connectivity index (χ1) is 13.4. The Morgan fingerprint density at radius 1 is 0.724 bits per heavy atom. The molecule has 0 aliphatic rings. The largest absolute Gasteiger partial charge is 0.481 e. The Balaban J connectivity index is 5.02. The van der Waals surface area contributed by atoms with E-state index in [1.807, 2.05) is 16.0 Å². The van der Waals surface area contributed by atoms with Crippen LogP contribution in [0.3, 0.4) is 0 Å². The first-order valence-electron chi connectivity index (χ1n) is 8.04. The minimum atomic E-state index is -1.71. The summed E-state index contributed by atoms with van der Waals surface area (Å²) in [5.74, 6) is -7.40. The molecule has 0 rings (SSSR count). The van der Waals surface area contributed by atoms with Gasteiger partial charge in [-0.2, -0.15) is 0 Å². The number of carboxylic acids is 2. The van der Waals surface area contributed by atoms with Crippen molar-refractivity contribution in [2.75, 3.05) is 13.2 Å². The van der Waals surface area contributed by atoms with Gasteiger partial charge in [-0.3, -0.25) is 24.0 Å². The minimum absolute atomic E-state index is 0.746. The molecule has 4 unspecified atom stereocenters. The van der Waals surface area contributed by atoms with Crippen molar-refractivity contribution in [1.29, 1.82) is 0 Å². The van der Waals surface area contributed by atoms with E-state index in [9.17, 15) is 39.0 Å². The van der Waals surface area contributed by atoms with Crippen LogP contribution < -0.4 is 27.4 Å². The third-order valence-corrected chi connectivity index (χ3v) is 3.38. The Morgan fingerprint density at radius 3 is 1.48 bits per heavy atom. The van der Waals surface area contributed by atoms with Gasteiger partial charge in [0.1, 0.15) is 18.1 Å². The molecule has 29 heavy (non-hydrogen) atoms. The van der Waals surface area contributed by atoms with Crippen molar-refractivity contribution in [1.82, 2.24) is 16.0 Å². The fourth-order valence-corrected chi connectivity index (χ4v) is 1.89. The second-order valence-corrected chi connectivity index (χ2v) is 5.76. The molecule has 0 fully saturated rings. The average molecular weight is 421 g/mol. The molecule has 15 heteroatoms. The van der Waals surface area contributed by atoms with Gasteiger partial charge in [-0.25, -0.2) is 4.79 Å². The summed E-state index contributed by atoms with van der Waals surface area (Å²) in [6.45, 7) is -1.96. The molecule has 0 saturated heterocycles. The molecule has 11 N–H and O–H groups in total. The van der Waals surface area contributed by atoms with E-state index in [1.165, 1.54) is 0 Å². The summed E-state index contributed by atoms with van der Waals surface area (Å²) in [5.41, 5.74) is 10.2. The lowest BCUT2D eigenvalue weighted by Gasteiger charge is -2.23. The van der Waals surface area contributed by atoms with Crippen molar-refractivity contribution < 1.29 is 49.2 Å². The van der Waals surface area contributed by atoms with E-state index >= 15 is 0 Å². The van der Waals surface area contributed by atoms with E-state index in [4.69, 9.17) is 21.7 Å². The zero-order valence-corrected chi connectivity index (χ0v) is 15.0. The Hall–Kier alpha value is -3.30. The highest BCUT2D eigenvalue weighted by atomic mass is 16.4. The Bertz CT molecular complexity index is 655. The van der Waals surface area contributed by atoms with Crippen LogP contribution in [-0.4, -0.2) is 93.4 Å². The molecule has 0 heterocycles. The molecule has 0 aliphatic heterocycles. The first kappa shape index (κ1) is 25.7. The monoisotopic (exact) mass is 421 g/mol. The number of carboxylic acid groups (broad SMARTS) is 2. The van der Waals surface area contributed by atoms with Gasteiger partial charge in [0, 0.05) is 0 Å². The summed E-state index contributed by atoms with van der Waals surface area (Å²) in [6, 6.07) is -6.58. The molecule has 0 aromatic heterocycles. The molecule has 15 nitrogen and oxygen atoms in total. The Labute approximate surface area is 163 Å². The van der Waals surface area contributed by atoms with Crippen LogP contribution >= 0.6 is 0 Å². The lowest BCUT2D eigenvalue weighted by molar-refractivity contribution is -0.144. The highest BCUT2D eigenvalue weighted by molar-refractivity contribution is 5.95. The number of rotatable bonds is 13. The van der Waals surface area contributed by atoms with Gasteiger partial charge in [-0.05, 0) is 0 Å². The molecular formula is C14H23N5O10. The minimum Gasteiger partial charge on any atom is -0.481 e. The fraction of sp³-hybridized carbons (Fsp3) is 0.571. The topological polar surface area (TPSA) is 271 Å². The maximum atomic E-state index is 12.1. The zero-order valence-electron chi connectivity index (χ0n) is 15.0. The second-order valence-electron chi connectivity index (χ2n) is 5.76. The van der Waals surface area contributed by atoms with Gasteiger partial charge in [0.25, 0.3) is 0 Å². The summed E-state index contributed by atoms with van der Waals surface area (Å²) in [4.78, 5) is 68.3. The van der Waals surface area contributed by atoms with E-state index < -0.39 is 85.8 Å². The number of hydrogen-bond donors (Lipinski definition) is 9. The molecule has 4 amide bonds. The van der Waals surface area contributed by atoms with Crippen molar-refractivity contribution in [2.24, 2.45) is 11.5 Å². The molecule has 0 saturated carbocycles. The maximum Gasteiger partial charge on any atom is 0.326 e. The number of hydrogen-bond acceptors (Lipinski definition) is 9. The molecule has 0 radical (unpaired) electrons. The van der Waals surface area contributed by atoms with Crippen molar-refractivity contribution >= 4 is 35.6 Å². The number of primary amides is 1. The van der Waals surface area contributed by atoms with Crippen LogP contribution in [0, 0.1) is 0 Å². The van der Waals surface area contributed by atoms with E-state index in [0.29, 0.717) is 0 Å². The third-order valence-electron chi connectivity index (χ3n) is 3.38. The number of amides is 4. The summed E-state index contributed by atoms with van der Waals surface area (Å²) in [6.07, 6.45) is -1.49. The summed E-state index contributed by atoms with van der Waals surface area (Å²) in [7, 11) is 0. The van der Waals surface area contributed by atoms with E-state index in [0.717, 1.165) is 0 Å². The van der Waals surface area contributed by atoms with Gasteiger partial charge in [0.05, 0.1) is 32.1 Å². The van der Waals surface area contributed by atoms with E-state index in [2.05, 4.69) is 0 Å². The molecule has 0 spiro atoms. The lowest BCUT2D eigenvalue weighted by Crippen LogP contribution is -2.59. The predicted molar refractivity (Wildman–Crippen MR) is 91.6 cm³/mol. The highest BCUT2D eigenvalue weighted by Crippen LogP contribution is 1.96. The van der Waals surface area contributed by atoms with Crippen molar-refractivity contribution in [3.63, 3.8) is 0 Å². The Morgan fingerprint density at radius 2 is 1.14 bits per heavy atom. The van der Waals surface area contributed by atoms with Crippen molar-refractivity contribution in [2.45, 2.75) is 37.0 Å². The van der Waals surface area contributed by atoms with Gasteiger partial charge in [-0.15, -0.1) is 0 Å². The van der Waals surface area contributed by atoms with Crippen LogP contribution in [0.1, 0.15) is 12.8 Å². The quantitative estimate of drug-likeness (QED) is 0.135. The number of aliphatic hydroxyl groups excluding tert-OH is 2. The maximum absolute atomic E-state index is 12.1. The lowest BCUT2D eigenvalue weighted by atomic mass is 10.1. The number of nitrogens with one attached hydrogen (secondary N) is 3. The summed E-state index contributed by atoms with van der Waals surface area (Å²) >= 11 is 0. The highest BCUT2D eigenvalue weighted by Gasteiger charge is 2.30. The zero-order chi connectivity index (χ0) is 22.7. The summed E-state index contributed by atoms with van der Waals surface area (Å²) < 4.78 is 0. The Kier molecular flexibility index (Phi) is 10.8. The van der Waals surface area contributed by atoms with Gasteiger partial charge in [0.2, 0.25) is 23.6 Å². The number of carbonyl (C=O) groups excluding carboxylic acids is 4. The fourth-order valence-electron chi connectivity index (χ4n) is 1.89. The standard InChI is InChI=1S/C14H23N5O10/c15-5(1-10(23)24)11(25)18-7(3-20)13(27)19-8(4-21)12(26)17-6(14(28)29)2-9(16)22/h5-8,20-21H,1-4,15H2,(H2,16,22)(H,17,26)(H,18,25)(H,19,27)(H,23,24)(H,28,29). The molecule has 164 valence electrons. The molecule has 0 aliphatic carbocycles. The number of nitrogens with two attached hydrogens (primary N) is 2. The van der Waals surface area contributed by atoms with E-state index in [-0.39, 0.29) is 0 Å². The van der Waals surface area contributed by atoms with Crippen LogP contribution in [-0.2, 0) is 28.8 Å².